The maximum Gasteiger partial charge on any atom is 0.332 e. The van der Waals surface area contributed by atoms with Crippen molar-refractivity contribution in [3.05, 3.63) is 27.2 Å². The molecule has 0 bridgehead atoms. The highest BCUT2D eigenvalue weighted by atomic mass is 35.5. The molecule has 0 unspecified atom stereocenters. The highest BCUT2D eigenvalue weighted by Gasteiger charge is 2.14. The second kappa shape index (κ2) is 5.78. The fourth-order valence-electron chi connectivity index (χ4n) is 1.85. The number of hydrogen-bond donors (Lipinski definition) is 2. The SMILES string of the molecule is Cl.Cn1c(=O)c2c(ncn2CC/C(N)=N/O)n(C)c1=O. The molecule has 110 valence electrons. The van der Waals surface area contributed by atoms with E-state index in [1.54, 1.807) is 11.6 Å². The summed E-state index contributed by atoms with van der Waals surface area (Å²) in [5.74, 6) is 0.0588. The van der Waals surface area contributed by atoms with Crippen LogP contribution >= 0.6 is 12.4 Å². The molecule has 20 heavy (non-hydrogen) atoms. The average Bonchev–Trinajstić information content (AvgIpc) is 2.84. The van der Waals surface area contributed by atoms with E-state index >= 15 is 0 Å². The lowest BCUT2D eigenvalue weighted by atomic mass is 10.4. The number of aromatic nitrogens is 4. The summed E-state index contributed by atoms with van der Waals surface area (Å²) in [4.78, 5) is 27.9. The summed E-state index contributed by atoms with van der Waals surface area (Å²) in [5, 5.41) is 11.3. The third-order valence-electron chi connectivity index (χ3n) is 2.95. The van der Waals surface area contributed by atoms with Gasteiger partial charge < -0.3 is 15.5 Å². The van der Waals surface area contributed by atoms with Crippen LogP contribution in [0.15, 0.2) is 21.1 Å². The monoisotopic (exact) mass is 302 g/mol. The summed E-state index contributed by atoms with van der Waals surface area (Å²) in [6.07, 6.45) is 1.73. The zero-order chi connectivity index (χ0) is 14.2. The minimum absolute atomic E-state index is 0. The van der Waals surface area contributed by atoms with Crippen molar-refractivity contribution in [3.63, 3.8) is 0 Å². The average molecular weight is 303 g/mol. The molecular formula is C10H15ClN6O3. The van der Waals surface area contributed by atoms with Crippen molar-refractivity contribution in [2.75, 3.05) is 0 Å². The van der Waals surface area contributed by atoms with Gasteiger partial charge in [-0.15, -0.1) is 12.4 Å². The number of fused-ring (bicyclic) bond motifs is 1. The van der Waals surface area contributed by atoms with Gasteiger partial charge in [0.25, 0.3) is 5.56 Å². The van der Waals surface area contributed by atoms with Crippen molar-refractivity contribution in [1.82, 2.24) is 18.7 Å². The van der Waals surface area contributed by atoms with Crippen molar-refractivity contribution in [2.45, 2.75) is 13.0 Å². The molecule has 0 aliphatic carbocycles. The maximum atomic E-state index is 12.1. The van der Waals surface area contributed by atoms with E-state index < -0.39 is 11.2 Å². The molecule has 0 atom stereocenters. The largest absolute Gasteiger partial charge is 0.409 e. The van der Waals surface area contributed by atoms with Crippen molar-refractivity contribution in [3.8, 4) is 0 Å². The predicted molar refractivity (Wildman–Crippen MR) is 75.5 cm³/mol. The van der Waals surface area contributed by atoms with Gasteiger partial charge in [0.05, 0.1) is 6.33 Å². The summed E-state index contributed by atoms with van der Waals surface area (Å²) >= 11 is 0. The molecule has 0 radical (unpaired) electrons. The fourth-order valence-corrected chi connectivity index (χ4v) is 1.85. The van der Waals surface area contributed by atoms with Crippen molar-refractivity contribution in [2.24, 2.45) is 25.0 Å². The number of nitrogens with zero attached hydrogens (tertiary/aromatic N) is 5. The van der Waals surface area contributed by atoms with Gasteiger partial charge in [-0.25, -0.2) is 9.78 Å². The zero-order valence-electron chi connectivity index (χ0n) is 11.0. The molecule has 3 N–H and O–H groups in total. The summed E-state index contributed by atoms with van der Waals surface area (Å²) in [7, 11) is 2.95. The second-order valence-electron chi connectivity index (χ2n) is 4.16. The van der Waals surface area contributed by atoms with Gasteiger partial charge in [-0.2, -0.15) is 0 Å². The molecule has 2 heterocycles. The Morgan fingerprint density at radius 3 is 2.65 bits per heavy atom. The third kappa shape index (κ3) is 2.39. The lowest BCUT2D eigenvalue weighted by molar-refractivity contribution is 0.316. The first-order valence-corrected chi connectivity index (χ1v) is 5.54. The summed E-state index contributed by atoms with van der Waals surface area (Å²) < 4.78 is 3.90. The molecule has 0 aromatic carbocycles. The second-order valence-corrected chi connectivity index (χ2v) is 4.16. The molecule has 10 heteroatoms. The van der Waals surface area contributed by atoms with E-state index in [0.29, 0.717) is 17.7 Å². The van der Waals surface area contributed by atoms with Gasteiger partial charge in [-0.05, 0) is 0 Å². The number of nitrogens with two attached hydrogens (primary N) is 1. The summed E-state index contributed by atoms with van der Waals surface area (Å²) in [6.45, 7) is 0.333. The lowest BCUT2D eigenvalue weighted by Gasteiger charge is -2.06. The standard InChI is InChI=1S/C10H14N6O3.ClH/c1-14-8-7(9(17)15(2)10(14)18)16(5-12-8)4-3-6(11)13-19;/h5,19H,3-4H2,1-2H3,(H2,11,13);1H. The van der Waals surface area contributed by atoms with Crippen LogP contribution in [0.2, 0.25) is 0 Å². The highest BCUT2D eigenvalue weighted by molar-refractivity contribution is 5.85. The first kappa shape index (κ1) is 15.8. The normalized spacial score (nSPS) is 11.6. The highest BCUT2D eigenvalue weighted by Crippen LogP contribution is 2.06. The minimum Gasteiger partial charge on any atom is -0.409 e. The van der Waals surface area contributed by atoms with Crippen LogP contribution in [0, 0.1) is 0 Å². The number of imidazole rings is 1. The molecule has 2 rings (SSSR count). The smallest absolute Gasteiger partial charge is 0.332 e. The Morgan fingerprint density at radius 2 is 2.05 bits per heavy atom. The van der Waals surface area contributed by atoms with Crippen molar-refractivity contribution in [1.29, 1.82) is 0 Å². The van der Waals surface area contributed by atoms with Crippen LogP contribution in [0.5, 0.6) is 0 Å². The van der Waals surface area contributed by atoms with Crippen LogP contribution in [0.3, 0.4) is 0 Å². The van der Waals surface area contributed by atoms with Gasteiger partial charge in [0, 0.05) is 27.1 Å². The maximum absolute atomic E-state index is 12.1. The number of oxime groups is 1. The summed E-state index contributed by atoms with van der Waals surface area (Å²) in [6, 6.07) is 0. The third-order valence-corrected chi connectivity index (χ3v) is 2.95. The Balaban J connectivity index is 0.00000200. The van der Waals surface area contributed by atoms with E-state index in [4.69, 9.17) is 10.9 Å². The van der Waals surface area contributed by atoms with Crippen LogP contribution in [0.1, 0.15) is 6.42 Å². The van der Waals surface area contributed by atoms with Gasteiger partial charge in [-0.3, -0.25) is 13.9 Å². The molecule has 2 aromatic heterocycles. The number of hydrogen-bond acceptors (Lipinski definition) is 5. The van der Waals surface area contributed by atoms with Gasteiger partial charge in [0.1, 0.15) is 5.84 Å². The van der Waals surface area contributed by atoms with Gasteiger partial charge >= 0.3 is 5.69 Å². The molecule has 0 fully saturated rings. The zero-order valence-corrected chi connectivity index (χ0v) is 11.8. The Hall–Kier alpha value is -2.29. The quantitative estimate of drug-likeness (QED) is 0.326. The van der Waals surface area contributed by atoms with E-state index in [-0.39, 0.29) is 24.7 Å². The molecule has 0 aliphatic rings. The van der Waals surface area contributed by atoms with Crippen LogP contribution in [-0.4, -0.2) is 29.7 Å². The van der Waals surface area contributed by atoms with Crippen LogP contribution < -0.4 is 17.0 Å². The van der Waals surface area contributed by atoms with Gasteiger partial charge in [-0.1, -0.05) is 5.16 Å². The molecule has 9 nitrogen and oxygen atoms in total. The van der Waals surface area contributed by atoms with Crippen molar-refractivity contribution < 1.29 is 5.21 Å². The minimum atomic E-state index is -0.431. The Labute approximate surface area is 119 Å². The molecule has 0 aliphatic heterocycles. The number of halogens is 1. The molecular weight excluding hydrogens is 288 g/mol. The van der Waals surface area contributed by atoms with Crippen LogP contribution in [0.25, 0.3) is 11.2 Å². The van der Waals surface area contributed by atoms with Crippen LogP contribution in [0.4, 0.5) is 0 Å². The first-order chi connectivity index (χ1) is 8.97. The first-order valence-electron chi connectivity index (χ1n) is 5.54. The summed E-state index contributed by atoms with van der Waals surface area (Å²) in [5.41, 5.74) is 5.16. The molecule has 0 amide bonds. The lowest BCUT2D eigenvalue weighted by Crippen LogP contribution is -2.37. The molecule has 0 saturated carbocycles. The fraction of sp³-hybridized carbons (Fsp3) is 0.400. The number of rotatable bonds is 3. The van der Waals surface area contributed by atoms with Crippen LogP contribution in [-0.2, 0) is 20.6 Å². The van der Waals surface area contributed by atoms with Crippen molar-refractivity contribution >= 4 is 29.4 Å². The Kier molecular flexibility index (Phi) is 4.56. The van der Waals surface area contributed by atoms with E-state index in [9.17, 15) is 9.59 Å². The van der Waals surface area contributed by atoms with E-state index in [2.05, 4.69) is 10.1 Å². The topological polar surface area (TPSA) is 120 Å². The van der Waals surface area contributed by atoms with Gasteiger partial charge in [0.2, 0.25) is 0 Å². The number of amidine groups is 1. The number of aryl methyl sites for hydroxylation is 2. The molecule has 2 aromatic rings. The van der Waals surface area contributed by atoms with E-state index in [1.807, 2.05) is 0 Å². The van der Waals surface area contributed by atoms with Gasteiger partial charge in [0.15, 0.2) is 11.2 Å². The van der Waals surface area contributed by atoms with E-state index in [0.717, 1.165) is 4.57 Å². The van der Waals surface area contributed by atoms with E-state index in [1.165, 1.54) is 17.9 Å². The molecule has 0 saturated heterocycles. The molecule has 0 spiro atoms. The predicted octanol–water partition coefficient (Wildman–Crippen LogP) is -1.01. The Bertz CT molecular complexity index is 772. The Morgan fingerprint density at radius 1 is 1.40 bits per heavy atom.